The third kappa shape index (κ3) is 8.10. The van der Waals surface area contributed by atoms with Crippen molar-refractivity contribution in [2.24, 2.45) is 4.99 Å². The summed E-state index contributed by atoms with van der Waals surface area (Å²) in [6, 6.07) is 19.3. The van der Waals surface area contributed by atoms with Crippen LogP contribution in [0.3, 0.4) is 0 Å². The third-order valence-electron chi connectivity index (χ3n) is 4.33. The summed E-state index contributed by atoms with van der Waals surface area (Å²) in [7, 11) is -0.767. The van der Waals surface area contributed by atoms with Crippen LogP contribution in [0.2, 0.25) is 0 Å². The molecule has 0 spiro atoms. The first-order valence-corrected chi connectivity index (χ1v) is 13.8. The zero-order chi connectivity index (χ0) is 23.9. The summed E-state index contributed by atoms with van der Waals surface area (Å²) in [6.07, 6.45) is 0. The van der Waals surface area contributed by atoms with E-state index in [0.717, 1.165) is 16.5 Å². The minimum Gasteiger partial charge on any atom is -0.325 e. The number of benzene rings is 2. The fraction of sp³-hybridized carbons (Fsp3) is 0.440. The van der Waals surface area contributed by atoms with Gasteiger partial charge < -0.3 is 10.2 Å². The fourth-order valence-corrected chi connectivity index (χ4v) is 6.42. The molecule has 2 heterocycles. The molecule has 0 aromatic heterocycles. The zero-order valence-corrected chi connectivity index (χ0v) is 21.7. The Kier molecular flexibility index (Phi) is 13.6. The van der Waals surface area contributed by atoms with Gasteiger partial charge in [-0.25, -0.2) is 0 Å². The molecule has 32 heavy (non-hydrogen) atoms. The van der Waals surface area contributed by atoms with E-state index in [2.05, 4.69) is 5.32 Å². The molecule has 5 nitrogen and oxygen atoms in total. The molecule has 7 heteroatoms. The van der Waals surface area contributed by atoms with E-state index in [9.17, 15) is 9.00 Å². The quantitative estimate of drug-likeness (QED) is 0.606. The molecular weight excluding hydrogens is 438 g/mol. The van der Waals surface area contributed by atoms with Crippen molar-refractivity contribution in [2.45, 2.75) is 52.8 Å². The van der Waals surface area contributed by atoms with Gasteiger partial charge in [-0.3, -0.25) is 14.0 Å². The Balaban J connectivity index is 0.000000789. The van der Waals surface area contributed by atoms with Crippen LogP contribution in [-0.4, -0.2) is 44.6 Å². The Morgan fingerprint density at radius 3 is 2.09 bits per heavy atom. The van der Waals surface area contributed by atoms with Gasteiger partial charge in [-0.05, 0) is 24.3 Å². The number of amidine groups is 1. The lowest BCUT2D eigenvalue weighted by molar-refractivity contribution is -0.114. The van der Waals surface area contributed by atoms with Crippen molar-refractivity contribution in [3.05, 3.63) is 60.7 Å². The van der Waals surface area contributed by atoms with Crippen LogP contribution in [0.5, 0.6) is 0 Å². The number of fused-ring (bicyclic) bond motifs is 1. The molecule has 2 aliphatic rings. The van der Waals surface area contributed by atoms with Gasteiger partial charge in [0.1, 0.15) is 6.54 Å². The highest BCUT2D eigenvalue weighted by atomic mass is 32.2. The fourth-order valence-electron chi connectivity index (χ4n) is 3.08. The highest BCUT2D eigenvalue weighted by Crippen LogP contribution is 2.35. The summed E-state index contributed by atoms with van der Waals surface area (Å²) in [4.78, 5) is 19.3. The molecule has 2 aromatic carbocycles. The van der Waals surface area contributed by atoms with E-state index in [1.54, 1.807) is 11.8 Å². The lowest BCUT2D eigenvalue weighted by atomic mass is 10.2. The van der Waals surface area contributed by atoms with E-state index in [1.165, 1.54) is 0 Å². The Labute approximate surface area is 200 Å². The van der Waals surface area contributed by atoms with Crippen molar-refractivity contribution in [2.75, 3.05) is 28.3 Å². The van der Waals surface area contributed by atoms with E-state index in [-0.39, 0.29) is 23.7 Å². The van der Waals surface area contributed by atoms with Crippen LogP contribution in [0.15, 0.2) is 65.7 Å². The second kappa shape index (κ2) is 15.6. The van der Waals surface area contributed by atoms with E-state index in [4.69, 9.17) is 4.99 Å². The maximum Gasteiger partial charge on any atom is 0.244 e. The number of hydrogen-bond donors (Lipinski definition) is 1. The minimum absolute atomic E-state index is 0.0935. The standard InChI is InChI=1S/C19H19N3O2S2.3C2H6/c23-18(20-14-7-3-1-4-8-14)11-22(15-9-5-2-6-10-15)19-21-16-12-26(24)13-17(16)25-19;3*1-2/h1-10,16-17H,11-13H2,(H,20,23);3*1-2H3. The zero-order valence-electron chi connectivity index (χ0n) is 20.1. The highest BCUT2D eigenvalue weighted by Gasteiger charge is 2.40. The molecule has 1 N–H and O–H groups in total. The number of anilines is 2. The molecule has 0 bridgehead atoms. The van der Waals surface area contributed by atoms with Crippen LogP contribution < -0.4 is 10.2 Å². The summed E-state index contributed by atoms with van der Waals surface area (Å²) in [5, 5.41) is 4.03. The summed E-state index contributed by atoms with van der Waals surface area (Å²) < 4.78 is 11.7. The number of rotatable bonds is 4. The first-order valence-electron chi connectivity index (χ1n) is 11.5. The van der Waals surface area contributed by atoms with Gasteiger partial charge in [0.15, 0.2) is 5.17 Å². The van der Waals surface area contributed by atoms with E-state index < -0.39 is 10.8 Å². The Bertz CT molecular complexity index is 845. The third-order valence-corrected chi connectivity index (χ3v) is 7.30. The summed E-state index contributed by atoms with van der Waals surface area (Å²) in [5.41, 5.74) is 1.71. The molecule has 0 radical (unpaired) electrons. The molecule has 1 saturated heterocycles. The van der Waals surface area contributed by atoms with Crippen molar-refractivity contribution >= 4 is 45.0 Å². The molecule has 4 rings (SSSR count). The van der Waals surface area contributed by atoms with E-state index >= 15 is 0 Å². The van der Waals surface area contributed by atoms with Crippen molar-refractivity contribution in [3.8, 4) is 0 Å². The summed E-state index contributed by atoms with van der Waals surface area (Å²) >= 11 is 1.64. The smallest absolute Gasteiger partial charge is 0.244 e. The second-order valence-corrected chi connectivity index (χ2v) is 9.00. The molecule has 176 valence electrons. The van der Waals surface area contributed by atoms with Gasteiger partial charge in [0, 0.05) is 38.9 Å². The Hall–Kier alpha value is -2.12. The number of carbonyl (C=O) groups is 1. The van der Waals surface area contributed by atoms with Crippen LogP contribution in [0.1, 0.15) is 41.5 Å². The number of para-hydroxylation sites is 2. The monoisotopic (exact) mass is 475 g/mol. The van der Waals surface area contributed by atoms with E-state index in [1.807, 2.05) is 107 Å². The highest BCUT2D eigenvalue weighted by molar-refractivity contribution is 8.15. The van der Waals surface area contributed by atoms with Gasteiger partial charge in [0.05, 0.1) is 6.04 Å². The Morgan fingerprint density at radius 1 is 0.969 bits per heavy atom. The van der Waals surface area contributed by atoms with Crippen molar-refractivity contribution in [1.82, 2.24) is 0 Å². The molecule has 1 fully saturated rings. The van der Waals surface area contributed by atoms with Crippen LogP contribution in [0.25, 0.3) is 0 Å². The maximum absolute atomic E-state index is 12.6. The lowest BCUT2D eigenvalue weighted by Gasteiger charge is -2.24. The Morgan fingerprint density at radius 2 is 1.53 bits per heavy atom. The normalized spacial score (nSPS) is 20.1. The molecule has 3 unspecified atom stereocenters. The van der Waals surface area contributed by atoms with Gasteiger partial charge in [0.25, 0.3) is 0 Å². The molecule has 1 amide bonds. The average molecular weight is 476 g/mol. The molecule has 2 aromatic rings. The number of hydrogen-bond acceptors (Lipinski definition) is 5. The number of amides is 1. The van der Waals surface area contributed by atoms with Crippen molar-refractivity contribution in [3.63, 3.8) is 0 Å². The second-order valence-electron chi connectivity index (χ2n) is 6.24. The SMILES string of the molecule is CC.CC.CC.O=C(CN(C1=NC2CS(=O)CC2S1)c1ccccc1)Nc1ccccc1. The molecular formula is C25H37N3O2S2. The summed E-state index contributed by atoms with van der Waals surface area (Å²) in [5.74, 6) is 1.21. The minimum atomic E-state index is -0.767. The molecule has 3 atom stereocenters. The molecule has 2 aliphatic heterocycles. The first-order chi connectivity index (χ1) is 15.7. The van der Waals surface area contributed by atoms with Crippen LogP contribution in [-0.2, 0) is 15.6 Å². The van der Waals surface area contributed by atoms with Gasteiger partial charge in [-0.2, -0.15) is 0 Å². The van der Waals surface area contributed by atoms with Gasteiger partial charge in [-0.15, -0.1) is 0 Å². The predicted octanol–water partition coefficient (Wildman–Crippen LogP) is 5.81. The molecule has 0 aliphatic carbocycles. The van der Waals surface area contributed by atoms with Crippen LogP contribution in [0.4, 0.5) is 11.4 Å². The predicted molar refractivity (Wildman–Crippen MR) is 143 cm³/mol. The maximum atomic E-state index is 12.6. The average Bonchev–Trinajstić information content (AvgIpc) is 3.40. The lowest BCUT2D eigenvalue weighted by Crippen LogP contribution is -2.36. The number of carbonyl (C=O) groups excluding carboxylic acids is 1. The largest absolute Gasteiger partial charge is 0.325 e. The van der Waals surface area contributed by atoms with Crippen LogP contribution >= 0.6 is 11.8 Å². The number of thioether (sulfide) groups is 1. The topological polar surface area (TPSA) is 61.8 Å². The first kappa shape index (κ1) is 27.9. The molecule has 0 saturated carbocycles. The van der Waals surface area contributed by atoms with Crippen molar-refractivity contribution < 1.29 is 9.00 Å². The number of nitrogens with zero attached hydrogens (tertiary/aromatic N) is 2. The van der Waals surface area contributed by atoms with Gasteiger partial charge in [0.2, 0.25) is 5.91 Å². The van der Waals surface area contributed by atoms with Gasteiger partial charge >= 0.3 is 0 Å². The van der Waals surface area contributed by atoms with Crippen molar-refractivity contribution in [1.29, 1.82) is 0 Å². The summed E-state index contributed by atoms with van der Waals surface area (Å²) in [6.45, 7) is 12.2. The van der Waals surface area contributed by atoms with Gasteiger partial charge in [-0.1, -0.05) is 89.7 Å². The van der Waals surface area contributed by atoms with E-state index in [0.29, 0.717) is 11.5 Å². The number of nitrogens with one attached hydrogen (secondary N) is 1. The van der Waals surface area contributed by atoms with Crippen LogP contribution in [0, 0.1) is 0 Å². The number of aliphatic imine (C=N–C) groups is 1.